The topological polar surface area (TPSA) is 61.0 Å². The molecule has 0 atom stereocenters. The van der Waals surface area contributed by atoms with Gasteiger partial charge in [-0.25, -0.2) is 0 Å². The van der Waals surface area contributed by atoms with E-state index in [1.54, 1.807) is 0 Å². The Balaban J connectivity index is 1.99. The van der Waals surface area contributed by atoms with Gasteiger partial charge < -0.3 is 10.5 Å². The number of rotatable bonds is 2. The fourth-order valence-corrected chi connectivity index (χ4v) is 2.77. The molecule has 0 saturated heterocycles. The summed E-state index contributed by atoms with van der Waals surface area (Å²) >= 11 is 1.27. The van der Waals surface area contributed by atoms with E-state index in [2.05, 4.69) is 30.1 Å². The van der Waals surface area contributed by atoms with Gasteiger partial charge in [0.05, 0.1) is 0 Å². The lowest BCUT2D eigenvalue weighted by Gasteiger charge is -2.12. The first-order valence-corrected chi connectivity index (χ1v) is 7.52. The van der Waals surface area contributed by atoms with Gasteiger partial charge in [0.1, 0.15) is 5.75 Å². The van der Waals surface area contributed by atoms with Crippen LogP contribution in [0.2, 0.25) is 0 Å². The normalized spacial score (nSPS) is 11.8. The molecule has 0 aliphatic carbocycles. The van der Waals surface area contributed by atoms with Crippen LogP contribution in [-0.2, 0) is 5.41 Å². The Morgan fingerprint density at radius 2 is 1.76 bits per heavy atom. The van der Waals surface area contributed by atoms with Gasteiger partial charge in [-0.05, 0) is 12.1 Å². The molecule has 0 unspecified atom stereocenters. The molecule has 0 bridgehead atoms. The van der Waals surface area contributed by atoms with Gasteiger partial charge in [-0.1, -0.05) is 45.0 Å². The zero-order chi connectivity index (χ0) is 15.0. The number of fused-ring (bicyclic) bond motifs is 1. The first kappa shape index (κ1) is 13.8. The van der Waals surface area contributed by atoms with Crippen LogP contribution in [0.5, 0.6) is 10.9 Å². The summed E-state index contributed by atoms with van der Waals surface area (Å²) in [5.41, 5.74) is 6.66. The largest absolute Gasteiger partial charge is 0.429 e. The van der Waals surface area contributed by atoms with Gasteiger partial charge in [0.2, 0.25) is 0 Å². The molecule has 0 fully saturated rings. The molecule has 108 valence electrons. The van der Waals surface area contributed by atoms with Crippen LogP contribution in [0.25, 0.3) is 10.8 Å². The van der Waals surface area contributed by atoms with Crippen molar-refractivity contribution < 1.29 is 4.74 Å². The molecule has 4 nitrogen and oxygen atoms in total. The standard InChI is InChI=1S/C16H17N3OS/c1-16(2,3)14-18-15(21-19-14)20-13-9-8-12(17)10-6-4-5-7-11(10)13/h4-9H,17H2,1-3H3. The summed E-state index contributed by atoms with van der Waals surface area (Å²) in [7, 11) is 0. The van der Waals surface area contributed by atoms with E-state index in [1.165, 1.54) is 11.5 Å². The fourth-order valence-electron chi connectivity index (χ4n) is 2.03. The van der Waals surface area contributed by atoms with Crippen molar-refractivity contribution >= 4 is 28.0 Å². The molecule has 0 amide bonds. The van der Waals surface area contributed by atoms with Gasteiger partial charge in [0.25, 0.3) is 5.19 Å². The van der Waals surface area contributed by atoms with Crippen LogP contribution in [0, 0.1) is 0 Å². The molecule has 0 saturated carbocycles. The second-order valence-corrected chi connectivity index (χ2v) is 6.65. The van der Waals surface area contributed by atoms with Crippen molar-refractivity contribution in [2.75, 3.05) is 5.73 Å². The molecule has 1 heterocycles. The second kappa shape index (κ2) is 5.00. The SMILES string of the molecule is CC(C)(C)c1nsc(Oc2ccc(N)c3ccccc23)n1. The number of nitrogens with zero attached hydrogens (tertiary/aromatic N) is 2. The number of nitrogens with two attached hydrogens (primary N) is 1. The number of hydrogen-bond donors (Lipinski definition) is 1. The molecular weight excluding hydrogens is 282 g/mol. The van der Waals surface area contributed by atoms with E-state index < -0.39 is 0 Å². The van der Waals surface area contributed by atoms with E-state index in [0.717, 1.165) is 28.0 Å². The molecule has 2 aromatic carbocycles. The quantitative estimate of drug-likeness (QED) is 0.714. The lowest BCUT2D eigenvalue weighted by molar-refractivity contribution is 0.473. The van der Waals surface area contributed by atoms with E-state index in [1.807, 2.05) is 36.4 Å². The Hall–Kier alpha value is -2.14. The van der Waals surface area contributed by atoms with Crippen molar-refractivity contribution in [3.8, 4) is 10.9 Å². The Labute approximate surface area is 127 Å². The summed E-state index contributed by atoms with van der Waals surface area (Å²) in [5.74, 6) is 1.54. The van der Waals surface area contributed by atoms with Crippen molar-refractivity contribution in [2.45, 2.75) is 26.2 Å². The lowest BCUT2D eigenvalue weighted by Crippen LogP contribution is -2.12. The molecular formula is C16H17N3OS. The number of benzene rings is 2. The number of anilines is 1. The summed E-state index contributed by atoms with van der Waals surface area (Å²) in [5, 5.41) is 2.51. The van der Waals surface area contributed by atoms with Crippen molar-refractivity contribution in [3.05, 3.63) is 42.2 Å². The highest BCUT2D eigenvalue weighted by atomic mass is 32.1. The maximum atomic E-state index is 6.00. The second-order valence-electron chi connectivity index (χ2n) is 5.93. The van der Waals surface area contributed by atoms with Crippen molar-refractivity contribution in [3.63, 3.8) is 0 Å². The first-order valence-electron chi connectivity index (χ1n) is 6.74. The molecule has 3 aromatic rings. The van der Waals surface area contributed by atoms with Crippen molar-refractivity contribution in [1.29, 1.82) is 0 Å². The van der Waals surface area contributed by atoms with E-state index in [-0.39, 0.29) is 5.41 Å². The number of aromatic nitrogens is 2. The molecule has 0 aliphatic rings. The summed E-state index contributed by atoms with van der Waals surface area (Å²) in [6.07, 6.45) is 0. The van der Waals surface area contributed by atoms with E-state index in [9.17, 15) is 0 Å². The highest BCUT2D eigenvalue weighted by Crippen LogP contribution is 2.34. The van der Waals surface area contributed by atoms with Gasteiger partial charge in [-0.15, -0.1) is 0 Å². The molecule has 5 heteroatoms. The zero-order valence-electron chi connectivity index (χ0n) is 12.3. The number of nitrogen functional groups attached to an aromatic ring is 1. The summed E-state index contributed by atoms with van der Waals surface area (Å²) < 4.78 is 10.3. The average molecular weight is 299 g/mol. The number of ether oxygens (including phenoxy) is 1. The lowest BCUT2D eigenvalue weighted by atomic mass is 9.96. The molecule has 0 radical (unpaired) electrons. The molecule has 1 aromatic heterocycles. The average Bonchev–Trinajstić information content (AvgIpc) is 2.91. The third-order valence-corrected chi connectivity index (χ3v) is 3.79. The Bertz CT molecular complexity index is 790. The third-order valence-electron chi connectivity index (χ3n) is 3.19. The molecule has 21 heavy (non-hydrogen) atoms. The highest BCUT2D eigenvalue weighted by Gasteiger charge is 2.20. The van der Waals surface area contributed by atoms with E-state index >= 15 is 0 Å². The van der Waals surface area contributed by atoms with Crippen LogP contribution >= 0.6 is 11.5 Å². The number of hydrogen-bond acceptors (Lipinski definition) is 5. The van der Waals surface area contributed by atoms with Gasteiger partial charge in [0, 0.05) is 33.4 Å². The third kappa shape index (κ3) is 2.69. The van der Waals surface area contributed by atoms with E-state index in [0.29, 0.717) is 5.19 Å². The van der Waals surface area contributed by atoms with Crippen LogP contribution in [0.4, 0.5) is 5.69 Å². The van der Waals surface area contributed by atoms with Gasteiger partial charge in [-0.3, -0.25) is 0 Å². The van der Waals surface area contributed by atoms with E-state index in [4.69, 9.17) is 10.5 Å². The van der Waals surface area contributed by atoms with Crippen LogP contribution in [0.1, 0.15) is 26.6 Å². The summed E-state index contributed by atoms with van der Waals surface area (Å²) in [4.78, 5) is 4.46. The van der Waals surface area contributed by atoms with Crippen LogP contribution in [-0.4, -0.2) is 9.36 Å². The van der Waals surface area contributed by atoms with Crippen molar-refractivity contribution in [1.82, 2.24) is 9.36 Å². The minimum Gasteiger partial charge on any atom is -0.429 e. The predicted molar refractivity (Wildman–Crippen MR) is 87.0 cm³/mol. The summed E-state index contributed by atoms with van der Waals surface area (Å²) in [6.45, 7) is 6.24. The Kier molecular flexibility index (Phi) is 3.29. The molecule has 3 rings (SSSR count). The first-order chi connectivity index (χ1) is 9.95. The predicted octanol–water partition coefficient (Wildman–Crippen LogP) is 4.36. The minimum absolute atomic E-state index is 0.0820. The monoisotopic (exact) mass is 299 g/mol. The Morgan fingerprint density at radius 1 is 1.05 bits per heavy atom. The minimum atomic E-state index is -0.0820. The van der Waals surface area contributed by atoms with Crippen LogP contribution in [0.3, 0.4) is 0 Å². The molecule has 0 aliphatic heterocycles. The van der Waals surface area contributed by atoms with Crippen LogP contribution in [0.15, 0.2) is 36.4 Å². The Morgan fingerprint density at radius 3 is 2.43 bits per heavy atom. The fraction of sp³-hybridized carbons (Fsp3) is 0.250. The van der Waals surface area contributed by atoms with Crippen molar-refractivity contribution in [2.24, 2.45) is 0 Å². The van der Waals surface area contributed by atoms with Gasteiger partial charge in [0.15, 0.2) is 5.82 Å². The van der Waals surface area contributed by atoms with Gasteiger partial charge >= 0.3 is 0 Å². The van der Waals surface area contributed by atoms with Crippen LogP contribution < -0.4 is 10.5 Å². The summed E-state index contributed by atoms with van der Waals surface area (Å²) in [6, 6.07) is 11.6. The highest BCUT2D eigenvalue weighted by molar-refractivity contribution is 7.07. The molecule has 0 spiro atoms. The zero-order valence-corrected chi connectivity index (χ0v) is 13.1. The van der Waals surface area contributed by atoms with Gasteiger partial charge in [-0.2, -0.15) is 9.36 Å². The molecule has 2 N–H and O–H groups in total. The smallest absolute Gasteiger partial charge is 0.298 e. The maximum Gasteiger partial charge on any atom is 0.298 e. The maximum absolute atomic E-state index is 6.00.